The van der Waals surface area contributed by atoms with Crippen molar-refractivity contribution in [1.29, 1.82) is 0 Å². The standard InChI is InChI=1S/C22H25N3O2S/c1-14-9-15(2)19(16(3)10-14)12-24-25-20(13-28-22(25)23-4)18-8-7-17(26-5)11-21(18)27-6/h7-13H,1-6H3. The summed E-state index contributed by atoms with van der Waals surface area (Å²) >= 11 is 1.54. The molecule has 0 saturated carbocycles. The third-order valence-corrected chi connectivity index (χ3v) is 5.51. The van der Waals surface area contributed by atoms with E-state index < -0.39 is 0 Å². The van der Waals surface area contributed by atoms with Gasteiger partial charge in [-0.2, -0.15) is 5.10 Å². The molecular weight excluding hydrogens is 370 g/mol. The van der Waals surface area contributed by atoms with Crippen LogP contribution >= 0.6 is 11.3 Å². The summed E-state index contributed by atoms with van der Waals surface area (Å²) in [6.07, 6.45) is 1.91. The SMILES string of the molecule is CN=c1scc(-c2ccc(OC)cc2OC)n1N=Cc1c(C)cc(C)cc1C. The topological polar surface area (TPSA) is 48.1 Å². The van der Waals surface area contributed by atoms with Crippen molar-refractivity contribution < 1.29 is 9.47 Å². The molecule has 6 heteroatoms. The van der Waals surface area contributed by atoms with E-state index in [0.29, 0.717) is 0 Å². The highest BCUT2D eigenvalue weighted by atomic mass is 32.1. The molecule has 5 nitrogen and oxygen atoms in total. The van der Waals surface area contributed by atoms with Gasteiger partial charge in [0.15, 0.2) is 0 Å². The van der Waals surface area contributed by atoms with Crippen LogP contribution in [0.2, 0.25) is 0 Å². The summed E-state index contributed by atoms with van der Waals surface area (Å²) < 4.78 is 12.8. The summed E-state index contributed by atoms with van der Waals surface area (Å²) in [6, 6.07) is 10.1. The molecule has 0 N–H and O–H groups in total. The Morgan fingerprint density at radius 2 is 1.71 bits per heavy atom. The molecule has 0 fully saturated rings. The van der Waals surface area contributed by atoms with E-state index in [0.717, 1.165) is 33.1 Å². The number of aryl methyl sites for hydroxylation is 3. The van der Waals surface area contributed by atoms with E-state index in [-0.39, 0.29) is 0 Å². The average molecular weight is 396 g/mol. The lowest BCUT2D eigenvalue weighted by Gasteiger charge is -2.11. The van der Waals surface area contributed by atoms with Crippen LogP contribution in [0.1, 0.15) is 22.3 Å². The molecular formula is C22H25N3O2S. The maximum atomic E-state index is 5.58. The van der Waals surface area contributed by atoms with Crippen molar-refractivity contribution in [3.05, 3.63) is 62.8 Å². The highest BCUT2D eigenvalue weighted by Gasteiger charge is 2.13. The number of benzene rings is 2. The van der Waals surface area contributed by atoms with E-state index in [4.69, 9.17) is 14.6 Å². The minimum atomic E-state index is 0.728. The fourth-order valence-corrected chi connectivity index (χ4v) is 4.06. The molecule has 0 spiro atoms. The van der Waals surface area contributed by atoms with Crippen LogP contribution in [0, 0.1) is 20.8 Å². The molecule has 1 aromatic heterocycles. The Bertz CT molecular complexity index is 1070. The largest absolute Gasteiger partial charge is 0.497 e. The van der Waals surface area contributed by atoms with Crippen molar-refractivity contribution in [2.24, 2.45) is 10.1 Å². The van der Waals surface area contributed by atoms with Gasteiger partial charge in [-0.15, -0.1) is 11.3 Å². The van der Waals surface area contributed by atoms with Crippen LogP contribution in [0.15, 0.2) is 45.8 Å². The van der Waals surface area contributed by atoms with Gasteiger partial charge in [0.1, 0.15) is 11.5 Å². The number of aromatic nitrogens is 1. The molecule has 0 aliphatic carbocycles. The van der Waals surface area contributed by atoms with Crippen LogP contribution in [0.3, 0.4) is 0 Å². The Labute approximate surface area is 169 Å². The molecule has 0 bridgehead atoms. The van der Waals surface area contributed by atoms with E-state index in [1.54, 1.807) is 32.6 Å². The van der Waals surface area contributed by atoms with Gasteiger partial charge in [-0.3, -0.25) is 4.99 Å². The highest BCUT2D eigenvalue weighted by molar-refractivity contribution is 7.07. The van der Waals surface area contributed by atoms with Gasteiger partial charge in [0.2, 0.25) is 4.80 Å². The molecule has 0 atom stereocenters. The summed E-state index contributed by atoms with van der Waals surface area (Å²) in [6.45, 7) is 6.33. The van der Waals surface area contributed by atoms with Gasteiger partial charge in [-0.25, -0.2) is 4.68 Å². The zero-order valence-corrected chi connectivity index (χ0v) is 17.9. The van der Waals surface area contributed by atoms with E-state index in [2.05, 4.69) is 37.9 Å². The summed E-state index contributed by atoms with van der Waals surface area (Å²) in [7, 11) is 5.07. The average Bonchev–Trinajstić information content (AvgIpc) is 3.09. The van der Waals surface area contributed by atoms with Crippen LogP contribution in [0.4, 0.5) is 0 Å². The maximum absolute atomic E-state index is 5.58. The van der Waals surface area contributed by atoms with E-state index >= 15 is 0 Å². The van der Waals surface area contributed by atoms with Crippen molar-refractivity contribution in [2.75, 3.05) is 21.3 Å². The van der Waals surface area contributed by atoms with Gasteiger partial charge < -0.3 is 9.47 Å². The molecule has 146 valence electrons. The lowest BCUT2D eigenvalue weighted by atomic mass is 10.0. The molecule has 0 amide bonds. The fourth-order valence-electron chi connectivity index (χ4n) is 3.27. The monoisotopic (exact) mass is 395 g/mol. The van der Waals surface area contributed by atoms with E-state index in [1.807, 2.05) is 34.5 Å². The van der Waals surface area contributed by atoms with Gasteiger partial charge in [0.25, 0.3) is 0 Å². The number of ether oxygens (including phenoxy) is 2. The van der Waals surface area contributed by atoms with E-state index in [9.17, 15) is 0 Å². The lowest BCUT2D eigenvalue weighted by molar-refractivity contribution is 0.395. The number of hydrogen-bond donors (Lipinski definition) is 0. The number of rotatable bonds is 5. The zero-order valence-electron chi connectivity index (χ0n) is 17.1. The lowest BCUT2D eigenvalue weighted by Crippen LogP contribution is -2.12. The number of thiazole rings is 1. The molecule has 2 aromatic carbocycles. The Morgan fingerprint density at radius 1 is 1.00 bits per heavy atom. The minimum absolute atomic E-state index is 0.728. The van der Waals surface area contributed by atoms with Crippen LogP contribution in [0.5, 0.6) is 11.5 Å². The van der Waals surface area contributed by atoms with Crippen LogP contribution < -0.4 is 14.3 Å². The van der Waals surface area contributed by atoms with Crippen LogP contribution in [-0.2, 0) is 0 Å². The maximum Gasteiger partial charge on any atom is 0.205 e. The molecule has 0 aliphatic rings. The Balaban J connectivity index is 2.13. The number of methoxy groups -OCH3 is 2. The third-order valence-electron chi connectivity index (χ3n) is 4.60. The van der Waals surface area contributed by atoms with Gasteiger partial charge in [0.05, 0.1) is 26.1 Å². The second kappa shape index (κ2) is 8.44. The number of hydrogen-bond acceptors (Lipinski definition) is 5. The van der Waals surface area contributed by atoms with Crippen molar-refractivity contribution in [2.45, 2.75) is 20.8 Å². The Morgan fingerprint density at radius 3 is 2.32 bits per heavy atom. The predicted molar refractivity (Wildman–Crippen MR) is 116 cm³/mol. The molecule has 0 unspecified atom stereocenters. The molecule has 3 aromatic rings. The molecule has 1 heterocycles. The highest BCUT2D eigenvalue weighted by Crippen LogP contribution is 2.33. The first-order chi connectivity index (χ1) is 13.5. The quantitative estimate of drug-likeness (QED) is 0.594. The van der Waals surface area contributed by atoms with Gasteiger partial charge in [0, 0.05) is 29.6 Å². The third kappa shape index (κ3) is 3.87. The van der Waals surface area contributed by atoms with E-state index in [1.165, 1.54) is 16.7 Å². The summed E-state index contributed by atoms with van der Waals surface area (Å²) in [5.41, 5.74) is 6.64. The summed E-state index contributed by atoms with van der Waals surface area (Å²) in [5.74, 6) is 1.48. The smallest absolute Gasteiger partial charge is 0.205 e. The van der Waals surface area contributed by atoms with Gasteiger partial charge in [-0.05, 0) is 44.0 Å². The molecule has 28 heavy (non-hydrogen) atoms. The fraction of sp³-hybridized carbons (Fsp3) is 0.273. The zero-order chi connectivity index (χ0) is 20.3. The first-order valence-electron chi connectivity index (χ1n) is 8.96. The van der Waals surface area contributed by atoms with Gasteiger partial charge in [-0.1, -0.05) is 17.7 Å². The second-order valence-corrected chi connectivity index (χ2v) is 7.40. The normalized spacial score (nSPS) is 12.0. The first-order valence-corrected chi connectivity index (χ1v) is 9.84. The molecule has 0 saturated heterocycles. The van der Waals surface area contributed by atoms with Crippen molar-refractivity contribution >= 4 is 17.6 Å². The van der Waals surface area contributed by atoms with Crippen molar-refractivity contribution in [3.8, 4) is 22.8 Å². The second-order valence-electron chi connectivity index (χ2n) is 6.56. The molecule has 0 aliphatic heterocycles. The summed E-state index contributed by atoms with van der Waals surface area (Å²) in [4.78, 5) is 5.19. The minimum Gasteiger partial charge on any atom is -0.497 e. The van der Waals surface area contributed by atoms with Crippen LogP contribution in [-0.4, -0.2) is 32.2 Å². The Kier molecular flexibility index (Phi) is 5.99. The molecule has 3 rings (SSSR count). The predicted octanol–water partition coefficient (Wildman–Crippen LogP) is 4.57. The number of nitrogens with zero attached hydrogens (tertiary/aromatic N) is 3. The Hall–Kier alpha value is -2.86. The molecule has 0 radical (unpaired) electrons. The summed E-state index contributed by atoms with van der Waals surface area (Å²) in [5, 5.41) is 6.81. The van der Waals surface area contributed by atoms with Crippen molar-refractivity contribution in [3.63, 3.8) is 0 Å². The van der Waals surface area contributed by atoms with Crippen molar-refractivity contribution in [1.82, 2.24) is 4.68 Å². The van der Waals surface area contributed by atoms with Crippen LogP contribution in [0.25, 0.3) is 11.3 Å². The van der Waals surface area contributed by atoms with Gasteiger partial charge >= 0.3 is 0 Å². The first kappa shape index (κ1) is 19.9.